The average molecular weight is 216 g/mol. The second-order valence-corrected chi connectivity index (χ2v) is 4.43. The van der Waals surface area contributed by atoms with Crippen molar-refractivity contribution in [3.05, 3.63) is 0 Å². The average Bonchev–Trinajstić information content (AvgIpc) is 2.27. The van der Waals surface area contributed by atoms with Crippen LogP contribution in [0.15, 0.2) is 0 Å². The zero-order chi connectivity index (χ0) is 11.7. The van der Waals surface area contributed by atoms with E-state index in [1.54, 1.807) is 0 Å². The number of hydrogen-bond acceptors (Lipinski definition) is 2. The normalized spacial score (nSPS) is 17.4. The van der Waals surface area contributed by atoms with Crippen molar-refractivity contribution in [3.63, 3.8) is 0 Å². The Hall–Kier alpha value is -0.0800. The van der Waals surface area contributed by atoms with Gasteiger partial charge in [-0.05, 0) is 25.7 Å². The number of unbranched alkanes of at least 4 members (excludes halogenated alkanes) is 1. The molecule has 1 N–H and O–H groups in total. The van der Waals surface area contributed by atoms with Crippen LogP contribution in [0.1, 0.15) is 59.8 Å². The van der Waals surface area contributed by atoms with Crippen molar-refractivity contribution in [2.75, 3.05) is 6.61 Å². The van der Waals surface area contributed by atoms with Crippen molar-refractivity contribution in [1.82, 2.24) is 0 Å². The second kappa shape index (κ2) is 9.17. The molecular formula is C13H28O2. The summed E-state index contributed by atoms with van der Waals surface area (Å²) in [5.41, 5.74) is 0. The summed E-state index contributed by atoms with van der Waals surface area (Å²) in [7, 11) is 0. The standard InChI is InChI=1S/C13H28O2/c1-5-8-9-12(6-2)10-15-11(4)13(14)7-3/h11-14H,5-10H2,1-4H3. The molecule has 92 valence electrons. The molecule has 0 aliphatic carbocycles. The molecule has 0 bridgehead atoms. The van der Waals surface area contributed by atoms with E-state index in [1.165, 1.54) is 25.7 Å². The first-order valence-electron chi connectivity index (χ1n) is 6.45. The summed E-state index contributed by atoms with van der Waals surface area (Å²) in [6, 6.07) is 0. The first-order valence-corrected chi connectivity index (χ1v) is 6.45. The van der Waals surface area contributed by atoms with Gasteiger partial charge in [-0.3, -0.25) is 0 Å². The van der Waals surface area contributed by atoms with Crippen LogP contribution >= 0.6 is 0 Å². The topological polar surface area (TPSA) is 29.5 Å². The highest BCUT2D eigenvalue weighted by Gasteiger charge is 2.14. The van der Waals surface area contributed by atoms with Crippen molar-refractivity contribution in [2.45, 2.75) is 72.0 Å². The number of aliphatic hydroxyl groups is 1. The molecule has 0 aliphatic rings. The Morgan fingerprint density at radius 3 is 2.27 bits per heavy atom. The van der Waals surface area contributed by atoms with Crippen molar-refractivity contribution in [2.24, 2.45) is 5.92 Å². The summed E-state index contributed by atoms with van der Waals surface area (Å²) >= 11 is 0. The van der Waals surface area contributed by atoms with Crippen molar-refractivity contribution >= 4 is 0 Å². The molecule has 0 rings (SSSR count). The maximum absolute atomic E-state index is 9.56. The largest absolute Gasteiger partial charge is 0.390 e. The summed E-state index contributed by atoms with van der Waals surface area (Å²) in [6.07, 6.45) is 5.40. The Balaban J connectivity index is 3.69. The molecule has 0 saturated heterocycles. The summed E-state index contributed by atoms with van der Waals surface area (Å²) in [4.78, 5) is 0. The van der Waals surface area contributed by atoms with Crippen LogP contribution in [0.5, 0.6) is 0 Å². The maximum Gasteiger partial charge on any atom is 0.0805 e. The summed E-state index contributed by atoms with van der Waals surface area (Å²) in [5.74, 6) is 0.663. The number of ether oxygens (including phenoxy) is 1. The van der Waals surface area contributed by atoms with E-state index >= 15 is 0 Å². The summed E-state index contributed by atoms with van der Waals surface area (Å²) in [5, 5.41) is 9.56. The molecule has 3 atom stereocenters. The van der Waals surface area contributed by atoms with Gasteiger partial charge in [-0.1, -0.05) is 40.0 Å². The lowest BCUT2D eigenvalue weighted by Gasteiger charge is -2.21. The van der Waals surface area contributed by atoms with Crippen molar-refractivity contribution in [1.29, 1.82) is 0 Å². The maximum atomic E-state index is 9.56. The molecule has 2 nitrogen and oxygen atoms in total. The number of hydrogen-bond donors (Lipinski definition) is 1. The third-order valence-corrected chi connectivity index (χ3v) is 3.10. The first kappa shape index (κ1) is 14.9. The Morgan fingerprint density at radius 2 is 1.80 bits per heavy atom. The van der Waals surface area contributed by atoms with Gasteiger partial charge in [-0.2, -0.15) is 0 Å². The Bertz CT molecular complexity index is 136. The van der Waals surface area contributed by atoms with Gasteiger partial charge in [-0.15, -0.1) is 0 Å². The molecule has 0 aliphatic heterocycles. The van der Waals surface area contributed by atoms with Crippen molar-refractivity contribution < 1.29 is 9.84 Å². The first-order chi connectivity index (χ1) is 7.15. The van der Waals surface area contributed by atoms with Crippen LogP contribution in [0.3, 0.4) is 0 Å². The molecule has 0 amide bonds. The van der Waals surface area contributed by atoms with E-state index < -0.39 is 0 Å². The molecule has 0 fully saturated rings. The minimum absolute atomic E-state index is 0.0225. The van der Waals surface area contributed by atoms with E-state index in [9.17, 15) is 5.11 Å². The van der Waals surface area contributed by atoms with E-state index in [1.807, 2.05) is 13.8 Å². The molecule has 3 unspecified atom stereocenters. The summed E-state index contributed by atoms with van der Waals surface area (Å²) in [6.45, 7) is 9.18. The predicted octanol–water partition coefficient (Wildman–Crippen LogP) is 3.38. The van der Waals surface area contributed by atoms with Gasteiger partial charge in [0, 0.05) is 6.61 Å². The highest BCUT2D eigenvalue weighted by molar-refractivity contribution is 4.63. The molecule has 0 heterocycles. The fourth-order valence-electron chi connectivity index (χ4n) is 1.63. The zero-order valence-electron chi connectivity index (χ0n) is 10.8. The van der Waals surface area contributed by atoms with E-state index in [4.69, 9.17) is 4.74 Å². The Kier molecular flexibility index (Phi) is 9.12. The van der Waals surface area contributed by atoms with Gasteiger partial charge in [0.05, 0.1) is 12.2 Å². The summed E-state index contributed by atoms with van der Waals surface area (Å²) < 4.78 is 5.69. The molecular weight excluding hydrogens is 188 g/mol. The molecule has 0 aromatic rings. The third kappa shape index (κ3) is 6.91. The van der Waals surface area contributed by atoms with Crippen LogP contribution in [0, 0.1) is 5.92 Å². The number of aliphatic hydroxyl groups excluding tert-OH is 1. The van der Waals surface area contributed by atoms with Gasteiger partial charge >= 0.3 is 0 Å². The van der Waals surface area contributed by atoms with Crippen LogP contribution in [0.2, 0.25) is 0 Å². The molecule has 0 saturated carbocycles. The molecule has 0 aromatic heterocycles. The van der Waals surface area contributed by atoms with Gasteiger partial charge in [-0.25, -0.2) is 0 Å². The van der Waals surface area contributed by atoms with E-state index in [0.29, 0.717) is 5.92 Å². The molecule has 0 spiro atoms. The van der Waals surface area contributed by atoms with Crippen LogP contribution in [0.25, 0.3) is 0 Å². The lowest BCUT2D eigenvalue weighted by molar-refractivity contribution is -0.0416. The lowest BCUT2D eigenvalue weighted by Crippen LogP contribution is -2.27. The monoisotopic (exact) mass is 216 g/mol. The molecule has 2 heteroatoms. The molecule has 15 heavy (non-hydrogen) atoms. The Labute approximate surface area is 95.0 Å². The van der Waals surface area contributed by atoms with Gasteiger partial charge in [0.2, 0.25) is 0 Å². The van der Waals surface area contributed by atoms with E-state index in [-0.39, 0.29) is 12.2 Å². The fourth-order valence-corrected chi connectivity index (χ4v) is 1.63. The van der Waals surface area contributed by atoms with Crippen LogP contribution in [-0.2, 0) is 4.74 Å². The van der Waals surface area contributed by atoms with Crippen LogP contribution < -0.4 is 0 Å². The minimum Gasteiger partial charge on any atom is -0.390 e. The third-order valence-electron chi connectivity index (χ3n) is 3.10. The van der Waals surface area contributed by atoms with E-state index in [2.05, 4.69) is 13.8 Å². The van der Waals surface area contributed by atoms with Crippen molar-refractivity contribution in [3.8, 4) is 0 Å². The quantitative estimate of drug-likeness (QED) is 0.640. The number of rotatable bonds is 9. The lowest BCUT2D eigenvalue weighted by atomic mass is 10.0. The molecule has 0 aromatic carbocycles. The SMILES string of the molecule is CCCCC(CC)COC(C)C(O)CC. The molecule has 0 radical (unpaired) electrons. The van der Waals surface area contributed by atoms with E-state index in [0.717, 1.165) is 13.0 Å². The highest BCUT2D eigenvalue weighted by Crippen LogP contribution is 2.14. The fraction of sp³-hybridized carbons (Fsp3) is 1.00. The zero-order valence-corrected chi connectivity index (χ0v) is 10.8. The van der Waals surface area contributed by atoms with Gasteiger partial charge < -0.3 is 9.84 Å². The highest BCUT2D eigenvalue weighted by atomic mass is 16.5. The second-order valence-electron chi connectivity index (χ2n) is 4.43. The van der Waals surface area contributed by atoms with Crippen LogP contribution in [-0.4, -0.2) is 23.9 Å². The van der Waals surface area contributed by atoms with Gasteiger partial charge in [0.25, 0.3) is 0 Å². The minimum atomic E-state index is -0.311. The van der Waals surface area contributed by atoms with Gasteiger partial charge in [0.15, 0.2) is 0 Å². The predicted molar refractivity (Wildman–Crippen MR) is 65.0 cm³/mol. The smallest absolute Gasteiger partial charge is 0.0805 e. The van der Waals surface area contributed by atoms with Gasteiger partial charge in [0.1, 0.15) is 0 Å². The van der Waals surface area contributed by atoms with Crippen LogP contribution in [0.4, 0.5) is 0 Å². The Morgan fingerprint density at radius 1 is 1.13 bits per heavy atom.